The molecule has 0 aliphatic carbocycles. The molecule has 2 aliphatic rings. The first kappa shape index (κ1) is 15.8. The number of rotatable bonds is 3. The number of hydrogen-bond donors (Lipinski definition) is 0. The zero-order valence-corrected chi connectivity index (χ0v) is 14.2. The zero-order valence-electron chi connectivity index (χ0n) is 14.2. The van der Waals surface area contributed by atoms with Gasteiger partial charge in [-0.1, -0.05) is 6.07 Å². The highest BCUT2D eigenvalue weighted by Crippen LogP contribution is 2.33. The normalized spacial score (nSPS) is 23.0. The van der Waals surface area contributed by atoms with Gasteiger partial charge in [0.25, 0.3) is 5.91 Å². The van der Waals surface area contributed by atoms with E-state index in [1.807, 2.05) is 17.0 Å². The van der Waals surface area contributed by atoms with Crippen LogP contribution in [0.1, 0.15) is 22.5 Å². The predicted octanol–water partition coefficient (Wildman–Crippen LogP) is 0.936. The maximum absolute atomic E-state index is 12.9. The first-order chi connectivity index (χ1) is 12.1. The van der Waals surface area contributed by atoms with E-state index in [4.69, 9.17) is 0 Å². The van der Waals surface area contributed by atoms with Crippen molar-refractivity contribution in [3.8, 4) is 0 Å². The van der Waals surface area contributed by atoms with Crippen molar-refractivity contribution in [2.75, 3.05) is 19.6 Å². The zero-order chi connectivity index (χ0) is 17.4. The Hall–Kier alpha value is -2.70. The second kappa shape index (κ2) is 6.31. The summed E-state index contributed by atoms with van der Waals surface area (Å²) in [5.41, 5.74) is 1.61. The minimum atomic E-state index is -0.0948. The van der Waals surface area contributed by atoms with Crippen LogP contribution in [0.5, 0.6) is 0 Å². The molecule has 0 N–H and O–H groups in total. The van der Waals surface area contributed by atoms with Crippen LogP contribution in [-0.4, -0.2) is 56.0 Å². The molecule has 7 heteroatoms. The Kier molecular flexibility index (Phi) is 3.99. The summed E-state index contributed by atoms with van der Waals surface area (Å²) in [7, 11) is 1.76. The minimum absolute atomic E-state index is 0.0407. The van der Waals surface area contributed by atoms with Gasteiger partial charge in [0.1, 0.15) is 5.69 Å². The Morgan fingerprint density at radius 1 is 1.28 bits per heavy atom. The first-order valence-corrected chi connectivity index (χ1v) is 8.58. The van der Waals surface area contributed by atoms with E-state index in [-0.39, 0.29) is 23.7 Å². The SMILES string of the molecule is Cn1nccc1C(=O)N1CC2CCN(Cc3cccnc3)C(=O)C2C1. The molecule has 2 fully saturated rings. The molecule has 2 aromatic rings. The average Bonchev–Trinajstić information content (AvgIpc) is 3.24. The first-order valence-electron chi connectivity index (χ1n) is 8.58. The van der Waals surface area contributed by atoms with Gasteiger partial charge in [-0.25, -0.2) is 0 Å². The van der Waals surface area contributed by atoms with Crippen molar-refractivity contribution in [1.29, 1.82) is 0 Å². The number of aromatic nitrogens is 3. The third-order valence-corrected chi connectivity index (χ3v) is 5.26. The van der Waals surface area contributed by atoms with Gasteiger partial charge in [0, 0.05) is 51.8 Å². The Labute approximate surface area is 146 Å². The van der Waals surface area contributed by atoms with E-state index in [0.717, 1.165) is 18.5 Å². The van der Waals surface area contributed by atoms with Crippen LogP contribution < -0.4 is 0 Å². The Morgan fingerprint density at radius 2 is 2.16 bits per heavy atom. The molecule has 4 rings (SSSR count). The van der Waals surface area contributed by atoms with Crippen molar-refractivity contribution in [3.63, 3.8) is 0 Å². The smallest absolute Gasteiger partial charge is 0.272 e. The van der Waals surface area contributed by atoms with Gasteiger partial charge in [-0.2, -0.15) is 5.10 Å². The van der Waals surface area contributed by atoms with Crippen LogP contribution >= 0.6 is 0 Å². The van der Waals surface area contributed by atoms with Gasteiger partial charge >= 0.3 is 0 Å². The summed E-state index contributed by atoms with van der Waals surface area (Å²) in [4.78, 5) is 33.4. The van der Waals surface area contributed by atoms with Crippen molar-refractivity contribution in [3.05, 3.63) is 48.0 Å². The van der Waals surface area contributed by atoms with Gasteiger partial charge in [-0.3, -0.25) is 19.3 Å². The molecule has 25 heavy (non-hydrogen) atoms. The number of piperidine rings is 1. The van der Waals surface area contributed by atoms with Gasteiger partial charge in [0.15, 0.2) is 0 Å². The summed E-state index contributed by atoms with van der Waals surface area (Å²) in [5.74, 6) is 0.277. The summed E-state index contributed by atoms with van der Waals surface area (Å²) in [6.07, 6.45) is 6.09. The quantitative estimate of drug-likeness (QED) is 0.834. The third-order valence-electron chi connectivity index (χ3n) is 5.26. The van der Waals surface area contributed by atoms with Crippen LogP contribution in [0.2, 0.25) is 0 Å². The van der Waals surface area contributed by atoms with Gasteiger partial charge in [-0.05, 0) is 30.0 Å². The fourth-order valence-electron chi connectivity index (χ4n) is 3.89. The van der Waals surface area contributed by atoms with Crippen LogP contribution in [0.15, 0.2) is 36.8 Å². The number of pyridine rings is 1. The van der Waals surface area contributed by atoms with Crippen molar-refractivity contribution in [2.24, 2.45) is 18.9 Å². The number of likely N-dealkylation sites (tertiary alicyclic amines) is 2. The van der Waals surface area contributed by atoms with E-state index in [1.165, 1.54) is 0 Å². The molecule has 0 saturated carbocycles. The number of aryl methyl sites for hydroxylation is 1. The van der Waals surface area contributed by atoms with Crippen LogP contribution in [0.3, 0.4) is 0 Å². The summed E-state index contributed by atoms with van der Waals surface area (Å²) in [6, 6.07) is 5.59. The molecule has 0 radical (unpaired) electrons. The maximum Gasteiger partial charge on any atom is 0.272 e. The lowest BCUT2D eigenvalue weighted by molar-refractivity contribution is -0.140. The van der Waals surface area contributed by atoms with E-state index >= 15 is 0 Å². The van der Waals surface area contributed by atoms with Crippen molar-refractivity contribution in [2.45, 2.75) is 13.0 Å². The van der Waals surface area contributed by atoms with Gasteiger partial charge in [-0.15, -0.1) is 0 Å². The molecular formula is C18H21N5O2. The Balaban J connectivity index is 1.45. The second-order valence-corrected chi connectivity index (χ2v) is 6.83. The minimum Gasteiger partial charge on any atom is -0.338 e. The van der Waals surface area contributed by atoms with E-state index in [2.05, 4.69) is 10.1 Å². The molecule has 7 nitrogen and oxygen atoms in total. The summed E-state index contributed by atoms with van der Waals surface area (Å²) in [5, 5.41) is 4.06. The summed E-state index contributed by atoms with van der Waals surface area (Å²) in [6.45, 7) is 2.48. The number of nitrogens with zero attached hydrogens (tertiary/aromatic N) is 5. The lowest BCUT2D eigenvalue weighted by Gasteiger charge is -2.33. The van der Waals surface area contributed by atoms with E-state index in [0.29, 0.717) is 25.3 Å². The number of carbonyl (C=O) groups excluding carboxylic acids is 2. The largest absolute Gasteiger partial charge is 0.338 e. The van der Waals surface area contributed by atoms with Crippen LogP contribution in [-0.2, 0) is 18.4 Å². The molecule has 2 unspecified atom stereocenters. The second-order valence-electron chi connectivity index (χ2n) is 6.83. The van der Waals surface area contributed by atoms with Crippen LogP contribution in [0, 0.1) is 11.8 Å². The van der Waals surface area contributed by atoms with Crippen LogP contribution in [0.4, 0.5) is 0 Å². The van der Waals surface area contributed by atoms with Gasteiger partial charge < -0.3 is 9.80 Å². The molecule has 2 amide bonds. The van der Waals surface area contributed by atoms with E-state index < -0.39 is 0 Å². The van der Waals surface area contributed by atoms with Crippen molar-refractivity contribution in [1.82, 2.24) is 24.6 Å². The maximum atomic E-state index is 12.9. The molecule has 4 heterocycles. The number of hydrogen-bond acceptors (Lipinski definition) is 4. The number of amides is 2. The molecule has 2 atom stereocenters. The monoisotopic (exact) mass is 339 g/mol. The molecule has 2 saturated heterocycles. The van der Waals surface area contributed by atoms with E-state index in [1.54, 1.807) is 41.3 Å². The Morgan fingerprint density at radius 3 is 2.88 bits per heavy atom. The standard InChI is InChI=1S/C18H21N5O2/c1-21-16(4-7-20-21)18(25)23-11-14-5-8-22(17(24)15(14)12-23)10-13-3-2-6-19-9-13/h2-4,6-7,9,14-15H,5,8,10-12H2,1H3. The molecule has 0 aromatic carbocycles. The molecule has 2 aromatic heterocycles. The number of carbonyl (C=O) groups is 2. The average molecular weight is 339 g/mol. The summed E-state index contributed by atoms with van der Waals surface area (Å²) >= 11 is 0. The van der Waals surface area contributed by atoms with Crippen molar-refractivity contribution >= 4 is 11.8 Å². The molecular weight excluding hydrogens is 318 g/mol. The lowest BCUT2D eigenvalue weighted by Crippen LogP contribution is -2.44. The third kappa shape index (κ3) is 2.90. The van der Waals surface area contributed by atoms with Gasteiger partial charge in [0.05, 0.1) is 5.92 Å². The Bertz CT molecular complexity index is 788. The van der Waals surface area contributed by atoms with Crippen molar-refractivity contribution < 1.29 is 9.59 Å². The fraction of sp³-hybridized carbons (Fsp3) is 0.444. The molecule has 0 bridgehead atoms. The molecule has 0 spiro atoms. The van der Waals surface area contributed by atoms with E-state index in [9.17, 15) is 9.59 Å². The van der Waals surface area contributed by atoms with Crippen LogP contribution in [0.25, 0.3) is 0 Å². The molecule has 130 valence electrons. The van der Waals surface area contributed by atoms with Gasteiger partial charge in [0.2, 0.25) is 5.91 Å². The number of fused-ring (bicyclic) bond motifs is 1. The highest BCUT2D eigenvalue weighted by molar-refractivity contribution is 5.93. The highest BCUT2D eigenvalue weighted by Gasteiger charge is 2.44. The highest BCUT2D eigenvalue weighted by atomic mass is 16.2. The fourth-order valence-corrected chi connectivity index (χ4v) is 3.89. The topological polar surface area (TPSA) is 71.3 Å². The summed E-state index contributed by atoms with van der Waals surface area (Å²) < 4.78 is 1.58. The lowest BCUT2D eigenvalue weighted by atomic mass is 9.88. The molecule has 2 aliphatic heterocycles. The predicted molar refractivity (Wildman–Crippen MR) is 90.4 cm³/mol.